The Bertz CT molecular complexity index is 339. The molecule has 0 unspecified atom stereocenters. The number of hydrogen-bond donors (Lipinski definition) is 2. The average molecular weight is 225 g/mol. The predicted molar refractivity (Wildman–Crippen MR) is 65.0 cm³/mol. The summed E-state index contributed by atoms with van der Waals surface area (Å²) in [6.45, 7) is 5.71. The van der Waals surface area contributed by atoms with Gasteiger partial charge in [0.2, 0.25) is 0 Å². The van der Waals surface area contributed by atoms with E-state index in [1.54, 1.807) is 18.3 Å². The molecule has 1 aromatic heterocycles. The van der Waals surface area contributed by atoms with Crippen LogP contribution in [0, 0.1) is 0 Å². The van der Waals surface area contributed by atoms with Gasteiger partial charge in [-0.25, -0.2) is 4.98 Å². The minimum atomic E-state index is 0.104. The first-order valence-corrected chi connectivity index (χ1v) is 5.29. The van der Waals surface area contributed by atoms with E-state index in [4.69, 9.17) is 12.2 Å². The van der Waals surface area contributed by atoms with Crippen molar-refractivity contribution >= 4 is 23.1 Å². The molecular formula is C10H15N3OS. The lowest BCUT2D eigenvalue weighted by Gasteiger charge is -2.22. The molecule has 0 spiro atoms. The summed E-state index contributed by atoms with van der Waals surface area (Å²) in [6, 6.07) is 3.24. The van der Waals surface area contributed by atoms with Crippen LogP contribution in [0.5, 0.6) is 5.75 Å². The number of thiocarbonyl (C=S) groups is 1. The first kappa shape index (κ1) is 11.7. The summed E-state index contributed by atoms with van der Waals surface area (Å²) in [5.74, 6) is 0.501. The molecule has 0 atom stereocenters. The molecule has 0 aliphatic heterocycles. The molecule has 15 heavy (non-hydrogen) atoms. The van der Waals surface area contributed by atoms with Gasteiger partial charge in [-0.15, -0.1) is 0 Å². The standard InChI is InChI=1S/C10H15N3OS/c1-3-13(4-2)10(15)12-9-8(14)6-5-7-11-9/h5-7,14H,3-4H2,1-2H3,(H,11,12,15). The van der Waals surface area contributed by atoms with Gasteiger partial charge in [0.25, 0.3) is 0 Å². The molecule has 0 aliphatic rings. The minimum absolute atomic E-state index is 0.104. The van der Waals surface area contributed by atoms with Gasteiger partial charge >= 0.3 is 0 Å². The maximum atomic E-state index is 9.48. The van der Waals surface area contributed by atoms with E-state index in [2.05, 4.69) is 10.3 Å². The fraction of sp³-hybridized carbons (Fsp3) is 0.400. The van der Waals surface area contributed by atoms with E-state index >= 15 is 0 Å². The first-order chi connectivity index (χ1) is 7.19. The summed E-state index contributed by atoms with van der Waals surface area (Å²) < 4.78 is 0. The van der Waals surface area contributed by atoms with E-state index in [0.29, 0.717) is 10.9 Å². The maximum Gasteiger partial charge on any atom is 0.174 e. The Balaban J connectivity index is 2.70. The molecule has 4 nitrogen and oxygen atoms in total. The van der Waals surface area contributed by atoms with Crippen molar-refractivity contribution in [2.24, 2.45) is 0 Å². The zero-order valence-corrected chi connectivity index (χ0v) is 9.71. The van der Waals surface area contributed by atoms with Crippen molar-refractivity contribution in [2.45, 2.75) is 13.8 Å². The van der Waals surface area contributed by atoms with E-state index in [1.807, 2.05) is 18.7 Å². The fourth-order valence-electron chi connectivity index (χ4n) is 1.18. The third-order valence-corrected chi connectivity index (χ3v) is 2.42. The van der Waals surface area contributed by atoms with Gasteiger partial charge in [-0.2, -0.15) is 0 Å². The SMILES string of the molecule is CCN(CC)C(=S)Nc1ncccc1O. The van der Waals surface area contributed by atoms with E-state index < -0.39 is 0 Å². The largest absolute Gasteiger partial charge is 0.504 e. The Kier molecular flexibility index (Phi) is 4.30. The number of rotatable bonds is 3. The van der Waals surface area contributed by atoms with Crippen molar-refractivity contribution in [1.29, 1.82) is 0 Å². The van der Waals surface area contributed by atoms with Crippen molar-refractivity contribution in [2.75, 3.05) is 18.4 Å². The van der Waals surface area contributed by atoms with Crippen molar-refractivity contribution in [3.8, 4) is 5.75 Å². The molecular weight excluding hydrogens is 210 g/mol. The summed E-state index contributed by atoms with van der Waals surface area (Å²) in [6.07, 6.45) is 1.60. The van der Waals surface area contributed by atoms with Crippen molar-refractivity contribution in [1.82, 2.24) is 9.88 Å². The van der Waals surface area contributed by atoms with Crippen LogP contribution in [-0.2, 0) is 0 Å². The summed E-state index contributed by atoms with van der Waals surface area (Å²) >= 11 is 5.18. The molecule has 0 radical (unpaired) electrons. The summed E-state index contributed by atoms with van der Waals surface area (Å²) in [5, 5.41) is 13.0. The van der Waals surface area contributed by atoms with Crippen LogP contribution < -0.4 is 5.32 Å². The van der Waals surface area contributed by atoms with Gasteiger partial charge in [0.1, 0.15) is 0 Å². The average Bonchev–Trinajstić information content (AvgIpc) is 2.23. The van der Waals surface area contributed by atoms with Crippen LogP contribution in [0.4, 0.5) is 5.82 Å². The molecule has 0 bridgehead atoms. The quantitative estimate of drug-likeness (QED) is 0.768. The third kappa shape index (κ3) is 3.06. The maximum absolute atomic E-state index is 9.48. The van der Waals surface area contributed by atoms with Crippen molar-refractivity contribution < 1.29 is 5.11 Å². The lowest BCUT2D eigenvalue weighted by atomic mass is 10.4. The summed E-state index contributed by atoms with van der Waals surface area (Å²) in [4.78, 5) is 5.97. The van der Waals surface area contributed by atoms with Crippen LogP contribution in [0.3, 0.4) is 0 Å². The Labute approximate surface area is 94.9 Å². The van der Waals surface area contributed by atoms with Crippen molar-refractivity contribution in [3.63, 3.8) is 0 Å². The highest BCUT2D eigenvalue weighted by Gasteiger charge is 2.08. The second kappa shape index (κ2) is 5.50. The molecule has 1 rings (SSSR count). The summed E-state index contributed by atoms with van der Waals surface area (Å²) in [5.41, 5.74) is 0. The van der Waals surface area contributed by atoms with Gasteiger partial charge in [0.05, 0.1) is 0 Å². The normalized spacial score (nSPS) is 9.73. The van der Waals surface area contributed by atoms with Crippen LogP contribution in [0.15, 0.2) is 18.3 Å². The highest BCUT2D eigenvalue weighted by Crippen LogP contribution is 2.18. The van der Waals surface area contributed by atoms with E-state index in [0.717, 1.165) is 13.1 Å². The molecule has 0 aromatic carbocycles. The number of aromatic hydroxyl groups is 1. The van der Waals surface area contributed by atoms with Crippen LogP contribution >= 0.6 is 12.2 Å². The zero-order valence-electron chi connectivity index (χ0n) is 8.90. The van der Waals surface area contributed by atoms with Gasteiger partial charge in [-0.1, -0.05) is 0 Å². The van der Waals surface area contributed by atoms with Crippen LogP contribution in [-0.4, -0.2) is 33.2 Å². The minimum Gasteiger partial charge on any atom is -0.504 e. The predicted octanol–water partition coefficient (Wildman–Crippen LogP) is 1.83. The number of anilines is 1. The van der Waals surface area contributed by atoms with Gasteiger partial charge < -0.3 is 15.3 Å². The van der Waals surface area contributed by atoms with Crippen LogP contribution in [0.1, 0.15) is 13.8 Å². The highest BCUT2D eigenvalue weighted by molar-refractivity contribution is 7.80. The third-order valence-electron chi connectivity index (χ3n) is 2.06. The Hall–Kier alpha value is -1.36. The molecule has 5 heteroatoms. The zero-order chi connectivity index (χ0) is 11.3. The molecule has 1 aromatic rings. The number of pyridine rings is 1. The molecule has 0 aliphatic carbocycles. The van der Waals surface area contributed by atoms with E-state index in [1.165, 1.54) is 0 Å². The number of nitrogens with zero attached hydrogens (tertiary/aromatic N) is 2. The molecule has 1 heterocycles. The Morgan fingerprint density at radius 1 is 1.53 bits per heavy atom. The molecule has 2 N–H and O–H groups in total. The molecule has 82 valence electrons. The molecule has 0 fully saturated rings. The van der Waals surface area contributed by atoms with Gasteiger partial charge in [0.15, 0.2) is 16.7 Å². The van der Waals surface area contributed by atoms with Gasteiger partial charge in [-0.3, -0.25) is 0 Å². The fourth-order valence-corrected chi connectivity index (χ4v) is 1.54. The van der Waals surface area contributed by atoms with Crippen molar-refractivity contribution in [3.05, 3.63) is 18.3 Å². The first-order valence-electron chi connectivity index (χ1n) is 4.89. The van der Waals surface area contributed by atoms with Gasteiger partial charge in [-0.05, 0) is 38.2 Å². The number of hydrogen-bond acceptors (Lipinski definition) is 3. The van der Waals surface area contributed by atoms with Crippen LogP contribution in [0.2, 0.25) is 0 Å². The van der Waals surface area contributed by atoms with Crippen LogP contribution in [0.25, 0.3) is 0 Å². The smallest absolute Gasteiger partial charge is 0.174 e. The van der Waals surface area contributed by atoms with Gasteiger partial charge in [0, 0.05) is 19.3 Å². The molecule has 0 saturated heterocycles. The van der Waals surface area contributed by atoms with E-state index in [9.17, 15) is 5.11 Å². The number of aromatic nitrogens is 1. The topological polar surface area (TPSA) is 48.4 Å². The van der Waals surface area contributed by atoms with E-state index in [-0.39, 0.29) is 5.75 Å². The molecule has 0 amide bonds. The monoisotopic (exact) mass is 225 g/mol. The Morgan fingerprint density at radius 3 is 2.73 bits per heavy atom. The second-order valence-electron chi connectivity index (χ2n) is 2.97. The lowest BCUT2D eigenvalue weighted by molar-refractivity contribution is 0.467. The number of nitrogens with one attached hydrogen (secondary N) is 1. The summed E-state index contributed by atoms with van der Waals surface area (Å²) in [7, 11) is 0. The Morgan fingerprint density at radius 2 is 2.20 bits per heavy atom. The molecule has 0 saturated carbocycles. The highest BCUT2D eigenvalue weighted by atomic mass is 32.1. The second-order valence-corrected chi connectivity index (χ2v) is 3.36. The lowest BCUT2D eigenvalue weighted by Crippen LogP contribution is -2.34.